The second-order valence-electron chi connectivity index (χ2n) is 8.54. The van der Waals surface area contributed by atoms with Crippen LogP contribution in [0.25, 0.3) is 0 Å². The zero-order valence-electron chi connectivity index (χ0n) is 19.0. The molecule has 0 bridgehead atoms. The van der Waals surface area contributed by atoms with E-state index in [2.05, 4.69) is 10.0 Å². The van der Waals surface area contributed by atoms with Crippen molar-refractivity contribution >= 4 is 37.3 Å². The third-order valence-corrected chi connectivity index (χ3v) is 7.74. The van der Waals surface area contributed by atoms with Crippen LogP contribution >= 0.6 is 0 Å². The Morgan fingerprint density at radius 1 is 1.03 bits per heavy atom. The van der Waals surface area contributed by atoms with E-state index < -0.39 is 26.0 Å². The first kappa shape index (κ1) is 25.0. The lowest BCUT2D eigenvalue weighted by Gasteiger charge is -2.34. The molecule has 2 N–H and O–H groups in total. The number of sulfonamides is 2. The van der Waals surface area contributed by atoms with Crippen LogP contribution < -0.4 is 14.8 Å². The predicted octanol–water partition coefficient (Wildman–Crippen LogP) is 2.99. The minimum absolute atomic E-state index is 0.0710. The van der Waals surface area contributed by atoms with E-state index >= 15 is 0 Å². The topological polar surface area (TPSA) is 122 Å². The molecular formula is C22H29N3O6S2. The summed E-state index contributed by atoms with van der Waals surface area (Å²) in [4.78, 5) is 12.9. The van der Waals surface area contributed by atoms with Crippen molar-refractivity contribution in [2.75, 3.05) is 36.5 Å². The van der Waals surface area contributed by atoms with E-state index in [0.29, 0.717) is 18.8 Å². The number of amides is 1. The first-order chi connectivity index (χ1) is 15.4. The monoisotopic (exact) mass is 495 g/mol. The van der Waals surface area contributed by atoms with Crippen LogP contribution in [0.2, 0.25) is 0 Å². The van der Waals surface area contributed by atoms with Crippen LogP contribution in [0.15, 0.2) is 47.4 Å². The Morgan fingerprint density at radius 2 is 1.70 bits per heavy atom. The average Bonchev–Trinajstić information content (AvgIpc) is 2.73. The second kappa shape index (κ2) is 9.70. The Hall–Kier alpha value is -2.63. The van der Waals surface area contributed by atoms with Gasteiger partial charge in [-0.1, -0.05) is 19.9 Å². The number of carbonyl (C=O) groups excluding carboxylic acids is 1. The molecule has 2 atom stereocenters. The zero-order valence-corrected chi connectivity index (χ0v) is 20.7. The van der Waals surface area contributed by atoms with Gasteiger partial charge in [0.25, 0.3) is 5.91 Å². The van der Waals surface area contributed by atoms with Gasteiger partial charge in [0.2, 0.25) is 20.0 Å². The number of nitrogens with one attached hydrogen (secondary N) is 2. The number of carbonyl (C=O) groups is 1. The van der Waals surface area contributed by atoms with E-state index in [0.717, 1.165) is 12.7 Å². The quantitative estimate of drug-likeness (QED) is 0.609. The molecule has 3 rings (SSSR count). The minimum atomic E-state index is -3.72. The molecule has 1 aliphatic heterocycles. The zero-order chi connectivity index (χ0) is 24.4. The van der Waals surface area contributed by atoms with E-state index in [9.17, 15) is 21.6 Å². The Labute approximate surface area is 195 Å². The van der Waals surface area contributed by atoms with Crippen molar-refractivity contribution in [3.63, 3.8) is 0 Å². The lowest BCUT2D eigenvalue weighted by Crippen LogP contribution is -2.42. The van der Waals surface area contributed by atoms with Crippen molar-refractivity contribution in [3.05, 3.63) is 48.0 Å². The highest BCUT2D eigenvalue weighted by Crippen LogP contribution is 2.30. The number of rotatable bonds is 7. The standard InChI is InChI=1S/C22H29N3O6S2/c1-15-10-16(2)14-25(13-15)33(29,30)19-7-5-6-17(11-19)22(26)23-18-8-9-20(21(12-18)31-3)24-32(4,27)28/h5-9,11-12,15-16,24H,10,13-14H2,1-4H3,(H,23,26). The number of methoxy groups -OCH3 is 1. The number of piperidine rings is 1. The second-order valence-corrected chi connectivity index (χ2v) is 12.2. The smallest absolute Gasteiger partial charge is 0.255 e. The summed E-state index contributed by atoms with van der Waals surface area (Å²) in [6.07, 6.45) is 2.00. The van der Waals surface area contributed by atoms with Crippen molar-refractivity contribution in [3.8, 4) is 5.75 Å². The van der Waals surface area contributed by atoms with Crippen molar-refractivity contribution in [1.82, 2.24) is 4.31 Å². The van der Waals surface area contributed by atoms with Gasteiger partial charge in [-0.25, -0.2) is 16.8 Å². The Balaban J connectivity index is 1.81. The summed E-state index contributed by atoms with van der Waals surface area (Å²) in [5.41, 5.74) is 0.783. The average molecular weight is 496 g/mol. The molecule has 180 valence electrons. The molecule has 9 nitrogen and oxygen atoms in total. The lowest BCUT2D eigenvalue weighted by molar-refractivity contribution is 0.102. The first-order valence-electron chi connectivity index (χ1n) is 10.5. The highest BCUT2D eigenvalue weighted by Gasteiger charge is 2.32. The molecule has 2 aromatic rings. The molecule has 1 aliphatic rings. The van der Waals surface area contributed by atoms with Gasteiger partial charge in [0.1, 0.15) is 5.75 Å². The van der Waals surface area contributed by atoms with Gasteiger partial charge in [-0.2, -0.15) is 4.31 Å². The van der Waals surface area contributed by atoms with E-state index in [4.69, 9.17) is 4.74 Å². The Kier molecular flexibility index (Phi) is 7.35. The maximum Gasteiger partial charge on any atom is 0.255 e. The molecule has 1 saturated heterocycles. The van der Waals surface area contributed by atoms with Gasteiger partial charge < -0.3 is 10.1 Å². The molecular weight excluding hydrogens is 466 g/mol. The maximum atomic E-state index is 13.2. The normalized spacial score (nSPS) is 19.6. The van der Waals surface area contributed by atoms with Crippen molar-refractivity contribution in [1.29, 1.82) is 0 Å². The molecule has 0 aromatic heterocycles. The molecule has 0 aliphatic carbocycles. The van der Waals surface area contributed by atoms with Crippen LogP contribution in [0.3, 0.4) is 0 Å². The molecule has 1 heterocycles. The lowest BCUT2D eigenvalue weighted by atomic mass is 9.94. The molecule has 2 aromatic carbocycles. The van der Waals surface area contributed by atoms with Crippen LogP contribution in [0.4, 0.5) is 11.4 Å². The number of hydrogen-bond acceptors (Lipinski definition) is 6. The van der Waals surface area contributed by atoms with Crippen molar-refractivity contribution in [2.45, 2.75) is 25.2 Å². The highest BCUT2D eigenvalue weighted by atomic mass is 32.2. The predicted molar refractivity (Wildman–Crippen MR) is 128 cm³/mol. The fourth-order valence-electron chi connectivity index (χ4n) is 4.01. The van der Waals surface area contributed by atoms with Crippen LogP contribution in [0, 0.1) is 11.8 Å². The van der Waals surface area contributed by atoms with Gasteiger partial charge in [0.15, 0.2) is 0 Å². The highest BCUT2D eigenvalue weighted by molar-refractivity contribution is 7.92. The largest absolute Gasteiger partial charge is 0.494 e. The summed E-state index contributed by atoms with van der Waals surface area (Å²) in [6.45, 7) is 4.98. The molecule has 2 unspecified atom stereocenters. The molecule has 0 radical (unpaired) electrons. The molecule has 0 spiro atoms. The van der Waals surface area contributed by atoms with Gasteiger partial charge in [0, 0.05) is 30.4 Å². The number of benzene rings is 2. The SMILES string of the molecule is COc1cc(NC(=O)c2cccc(S(=O)(=O)N3CC(C)CC(C)C3)c2)ccc1NS(C)(=O)=O. The molecule has 11 heteroatoms. The molecule has 33 heavy (non-hydrogen) atoms. The Morgan fingerprint density at radius 3 is 2.30 bits per heavy atom. The summed E-state index contributed by atoms with van der Waals surface area (Å²) >= 11 is 0. The van der Waals surface area contributed by atoms with Crippen LogP contribution in [0.1, 0.15) is 30.6 Å². The molecule has 1 fully saturated rings. The van der Waals surface area contributed by atoms with Gasteiger partial charge >= 0.3 is 0 Å². The molecule has 0 saturated carbocycles. The maximum absolute atomic E-state index is 13.2. The third-order valence-electron chi connectivity index (χ3n) is 5.32. The number of anilines is 2. The summed E-state index contributed by atoms with van der Waals surface area (Å²) in [7, 11) is -5.84. The van der Waals surface area contributed by atoms with Gasteiger partial charge in [-0.15, -0.1) is 0 Å². The van der Waals surface area contributed by atoms with Crippen LogP contribution in [0.5, 0.6) is 5.75 Å². The van der Waals surface area contributed by atoms with Gasteiger partial charge in [-0.3, -0.25) is 9.52 Å². The fraction of sp³-hybridized carbons (Fsp3) is 0.409. The molecule has 1 amide bonds. The van der Waals surface area contributed by atoms with E-state index in [1.807, 2.05) is 13.8 Å². The van der Waals surface area contributed by atoms with Crippen LogP contribution in [-0.4, -0.2) is 53.5 Å². The Bertz CT molecular complexity index is 1230. The number of hydrogen-bond donors (Lipinski definition) is 2. The van der Waals surface area contributed by atoms with E-state index in [-0.39, 0.29) is 33.7 Å². The minimum Gasteiger partial charge on any atom is -0.494 e. The first-order valence-corrected chi connectivity index (χ1v) is 13.8. The number of ether oxygens (including phenoxy) is 1. The fourth-order valence-corrected chi connectivity index (χ4v) is 6.30. The number of nitrogens with zero attached hydrogens (tertiary/aromatic N) is 1. The van der Waals surface area contributed by atoms with Crippen LogP contribution in [-0.2, 0) is 20.0 Å². The van der Waals surface area contributed by atoms with Crippen molar-refractivity contribution < 1.29 is 26.4 Å². The van der Waals surface area contributed by atoms with E-state index in [1.54, 1.807) is 0 Å². The van der Waals surface area contributed by atoms with Gasteiger partial charge in [-0.05, 0) is 48.6 Å². The summed E-state index contributed by atoms with van der Waals surface area (Å²) in [5.74, 6) is 0.261. The summed E-state index contributed by atoms with van der Waals surface area (Å²) in [6, 6.07) is 10.4. The van der Waals surface area contributed by atoms with E-state index in [1.165, 1.54) is 53.9 Å². The third kappa shape index (κ3) is 6.24. The van der Waals surface area contributed by atoms with Crippen molar-refractivity contribution in [2.24, 2.45) is 11.8 Å². The summed E-state index contributed by atoms with van der Waals surface area (Å²) in [5, 5.41) is 2.69. The summed E-state index contributed by atoms with van der Waals surface area (Å²) < 4.78 is 58.3. The van der Waals surface area contributed by atoms with Gasteiger partial charge in [0.05, 0.1) is 23.9 Å².